The van der Waals surface area contributed by atoms with Crippen molar-refractivity contribution in [2.45, 2.75) is 120 Å². The smallest absolute Gasteiger partial charge is 0.406 e. The van der Waals surface area contributed by atoms with Gasteiger partial charge in [0.15, 0.2) is 0 Å². The van der Waals surface area contributed by atoms with E-state index in [-0.39, 0.29) is 65.3 Å². The topological polar surface area (TPSA) is 91.4 Å². The van der Waals surface area contributed by atoms with Gasteiger partial charge in [-0.3, -0.25) is 14.4 Å². The molecule has 6 unspecified atom stereocenters. The molecule has 4 aromatic rings. The molecule has 344 valence electrons. The molecular formula is C49H49BrF6N4O5. The highest BCUT2D eigenvalue weighted by molar-refractivity contribution is 9.09. The van der Waals surface area contributed by atoms with E-state index in [0.717, 1.165) is 73.9 Å². The molecule has 16 heteroatoms. The van der Waals surface area contributed by atoms with Crippen LogP contribution in [0.15, 0.2) is 97.1 Å². The van der Waals surface area contributed by atoms with Crippen molar-refractivity contribution in [1.82, 2.24) is 10.2 Å². The number of ether oxygens (including phenoxy) is 2. The molecule has 9 nitrogen and oxygen atoms in total. The average molecular weight is 968 g/mol. The molecule has 0 aromatic heterocycles. The largest absolute Gasteiger partial charge is 0.573 e. The predicted molar refractivity (Wildman–Crippen MR) is 235 cm³/mol. The Kier molecular flexibility index (Phi) is 12.7. The quantitative estimate of drug-likeness (QED) is 0.126. The summed E-state index contributed by atoms with van der Waals surface area (Å²) in [7, 11) is 0. The van der Waals surface area contributed by atoms with E-state index in [1.807, 2.05) is 52.3 Å². The lowest BCUT2D eigenvalue weighted by Gasteiger charge is -2.48. The Morgan fingerprint density at radius 2 is 1.09 bits per heavy atom. The van der Waals surface area contributed by atoms with Crippen LogP contribution in [0.1, 0.15) is 115 Å². The van der Waals surface area contributed by atoms with Gasteiger partial charge in [0.2, 0.25) is 5.91 Å². The molecule has 2 heterocycles. The van der Waals surface area contributed by atoms with Gasteiger partial charge in [0.1, 0.15) is 11.5 Å². The van der Waals surface area contributed by atoms with Crippen molar-refractivity contribution in [2.75, 3.05) is 15.1 Å². The second-order valence-corrected chi connectivity index (χ2v) is 18.6. The molecule has 4 aliphatic carbocycles. The Hall–Kier alpha value is -5.09. The van der Waals surface area contributed by atoms with Gasteiger partial charge in [-0.15, -0.1) is 26.3 Å². The molecule has 0 radical (unpaired) electrons. The predicted octanol–water partition coefficient (Wildman–Crippen LogP) is 11.4. The second-order valence-electron chi connectivity index (χ2n) is 17.8. The first-order valence-corrected chi connectivity index (χ1v) is 23.5. The number of amides is 3. The van der Waals surface area contributed by atoms with Crippen LogP contribution in [0.25, 0.3) is 0 Å². The van der Waals surface area contributed by atoms with Gasteiger partial charge < -0.3 is 29.5 Å². The number of carbonyl (C=O) groups excluding carboxylic acids is 3. The number of halogens is 7. The molecule has 4 fully saturated rings. The maximum Gasteiger partial charge on any atom is 0.573 e. The van der Waals surface area contributed by atoms with Crippen molar-refractivity contribution in [3.63, 3.8) is 0 Å². The third-order valence-corrected chi connectivity index (χ3v) is 13.9. The zero-order chi connectivity index (χ0) is 45.6. The molecule has 0 bridgehead atoms. The fourth-order valence-electron chi connectivity index (χ4n) is 10.7. The minimum absolute atomic E-state index is 0.0773. The summed E-state index contributed by atoms with van der Waals surface area (Å²) in [6, 6.07) is 27.0. The highest BCUT2D eigenvalue weighted by Crippen LogP contribution is 2.53. The van der Waals surface area contributed by atoms with Gasteiger partial charge >= 0.3 is 12.7 Å². The van der Waals surface area contributed by atoms with Crippen LogP contribution in [0, 0.1) is 11.8 Å². The number of hydrogen-bond donors (Lipinski definition) is 1. The van der Waals surface area contributed by atoms with Crippen LogP contribution in [-0.2, 0) is 4.79 Å². The van der Waals surface area contributed by atoms with Crippen LogP contribution in [-0.4, -0.2) is 64.8 Å². The van der Waals surface area contributed by atoms with E-state index in [1.165, 1.54) is 61.4 Å². The number of nitrogens with one attached hydrogen (secondary N) is 1. The summed E-state index contributed by atoms with van der Waals surface area (Å²) in [5.41, 5.74) is 4.44. The minimum atomic E-state index is -4.79. The molecule has 1 N–H and O–H groups in total. The van der Waals surface area contributed by atoms with E-state index in [0.29, 0.717) is 34.8 Å². The highest BCUT2D eigenvalue weighted by Gasteiger charge is 2.52. The fraction of sp³-hybridized carbons (Fsp3) is 0.449. The molecule has 65 heavy (non-hydrogen) atoms. The lowest BCUT2D eigenvalue weighted by Crippen LogP contribution is -2.52. The van der Waals surface area contributed by atoms with E-state index < -0.39 is 12.7 Å². The summed E-state index contributed by atoms with van der Waals surface area (Å²) in [6.45, 7) is 0. The molecule has 6 atom stereocenters. The summed E-state index contributed by atoms with van der Waals surface area (Å²) in [5, 5.41) is 4.40. The van der Waals surface area contributed by atoms with E-state index in [1.54, 1.807) is 0 Å². The Bertz CT molecular complexity index is 2370. The van der Waals surface area contributed by atoms with E-state index in [2.05, 4.69) is 41.7 Å². The van der Waals surface area contributed by atoms with Gasteiger partial charge in [-0.1, -0.05) is 65.2 Å². The number of carbonyl (C=O) groups is 3. The summed E-state index contributed by atoms with van der Waals surface area (Å²) < 4.78 is 82.8. The number of anilines is 2. The normalized spacial score (nSPS) is 24.4. The molecule has 4 saturated carbocycles. The van der Waals surface area contributed by atoms with Crippen molar-refractivity contribution < 1.29 is 50.2 Å². The first kappa shape index (κ1) is 45.1. The summed E-state index contributed by atoms with van der Waals surface area (Å²) in [5.74, 6) is -0.532. The van der Waals surface area contributed by atoms with Crippen LogP contribution in [0.5, 0.6) is 11.5 Å². The lowest BCUT2D eigenvalue weighted by molar-refractivity contribution is -0.275. The molecule has 10 rings (SSSR count). The number of benzene rings is 4. The zero-order valence-corrected chi connectivity index (χ0v) is 37.0. The fourth-order valence-corrected chi connectivity index (χ4v) is 11.0. The SMILES string of the molecule is O=C(c1ccc(OC(F)(F)F)cc1)N1c2ccccc2C(N(C(=O)CCBr)C2CC2)C2CCCC21.O=C(c1ccc(OC(F)(F)F)cc1)N1c2ccccc2C(NC2CC2)C2CCCC21. The van der Waals surface area contributed by atoms with Crippen molar-refractivity contribution in [2.24, 2.45) is 11.8 Å². The Morgan fingerprint density at radius 1 is 0.615 bits per heavy atom. The molecule has 2 aliphatic heterocycles. The van der Waals surface area contributed by atoms with Crippen molar-refractivity contribution in [1.29, 1.82) is 0 Å². The van der Waals surface area contributed by atoms with E-state index >= 15 is 0 Å². The Balaban J connectivity index is 0.000000166. The minimum Gasteiger partial charge on any atom is -0.406 e. The van der Waals surface area contributed by atoms with Crippen LogP contribution >= 0.6 is 15.9 Å². The highest BCUT2D eigenvalue weighted by atomic mass is 79.9. The summed E-state index contributed by atoms with van der Waals surface area (Å²) >= 11 is 3.40. The molecule has 4 aromatic carbocycles. The number of nitrogens with zero attached hydrogens (tertiary/aromatic N) is 3. The van der Waals surface area contributed by atoms with Crippen molar-refractivity contribution in [3.8, 4) is 11.5 Å². The monoisotopic (exact) mass is 966 g/mol. The van der Waals surface area contributed by atoms with Gasteiger partial charge in [0.05, 0.1) is 6.04 Å². The number of hydrogen-bond acceptors (Lipinski definition) is 6. The molecule has 0 spiro atoms. The molecular weight excluding hydrogens is 918 g/mol. The van der Waals surface area contributed by atoms with E-state index in [4.69, 9.17) is 0 Å². The van der Waals surface area contributed by atoms with E-state index in [9.17, 15) is 40.7 Å². The zero-order valence-electron chi connectivity index (χ0n) is 35.4. The lowest BCUT2D eigenvalue weighted by atomic mass is 9.81. The molecule has 0 saturated heterocycles. The first-order valence-electron chi connectivity index (χ1n) is 22.4. The molecule has 6 aliphatic rings. The molecule has 3 amide bonds. The maximum absolute atomic E-state index is 13.7. The maximum atomic E-state index is 13.7. The van der Waals surface area contributed by atoms with Gasteiger partial charge in [-0.05, 0) is 129 Å². The standard InChI is InChI=1S/C26H26BrF3N2O3.C23H23F3N2O2/c27-15-14-23(33)31(17-10-11-17)24-19-4-1-2-6-21(19)32(22-7-3-5-20(22)24)25(34)16-8-12-18(13-9-16)35-26(28,29)30;24-23(25,26)30-16-12-8-14(9-13-16)22(29)28-19-6-2-1-4-17(19)21(27-15-10-11-15)18-5-3-7-20(18)28/h1-2,4,6,8-9,12-13,17,20,22,24H,3,5,7,10-11,14-15H2;1-2,4,6,8-9,12-13,15,18,20-21,27H,3,5,7,10-11H2. The summed E-state index contributed by atoms with van der Waals surface area (Å²) in [4.78, 5) is 46.2. The number of fused-ring (bicyclic) bond motifs is 4. The number of alkyl halides is 7. The van der Waals surface area contributed by atoms with Crippen LogP contribution in [0.2, 0.25) is 0 Å². The third kappa shape index (κ3) is 9.75. The number of rotatable bonds is 10. The van der Waals surface area contributed by atoms with Gasteiger partial charge in [0, 0.05) is 70.4 Å². The van der Waals surface area contributed by atoms with Crippen molar-refractivity contribution >= 4 is 45.0 Å². The average Bonchev–Trinajstić information content (AvgIpc) is 4.19. The van der Waals surface area contributed by atoms with Crippen LogP contribution < -0.4 is 24.6 Å². The second kappa shape index (κ2) is 18.3. The van der Waals surface area contributed by atoms with Gasteiger partial charge in [-0.2, -0.15) is 0 Å². The summed E-state index contributed by atoms with van der Waals surface area (Å²) in [6.07, 6.45) is 1.03. The van der Waals surface area contributed by atoms with Gasteiger partial charge in [-0.25, -0.2) is 0 Å². The first-order chi connectivity index (χ1) is 31.2. The van der Waals surface area contributed by atoms with Crippen LogP contribution in [0.4, 0.5) is 37.7 Å². The van der Waals surface area contributed by atoms with Crippen LogP contribution in [0.3, 0.4) is 0 Å². The number of para-hydroxylation sites is 2. The van der Waals surface area contributed by atoms with Crippen molar-refractivity contribution in [3.05, 3.63) is 119 Å². The Labute approximate surface area is 381 Å². The van der Waals surface area contributed by atoms with Gasteiger partial charge in [0.25, 0.3) is 11.8 Å². The Morgan fingerprint density at radius 3 is 1.58 bits per heavy atom. The third-order valence-electron chi connectivity index (χ3n) is 13.5.